The maximum Gasteiger partial charge on any atom is 0.325 e. The number of amides is 3. The molecule has 0 fully saturated rings. The molecule has 0 aromatic heterocycles. The van der Waals surface area contributed by atoms with E-state index in [4.69, 9.17) is 11.6 Å². The highest BCUT2D eigenvalue weighted by Gasteiger charge is 2.13. The molecule has 0 aliphatic carbocycles. The summed E-state index contributed by atoms with van der Waals surface area (Å²) in [4.78, 5) is 22.6. The minimum Gasteiger partial charge on any atom is -0.307 e. The smallest absolute Gasteiger partial charge is 0.307 e. The van der Waals surface area contributed by atoms with Crippen LogP contribution in [-0.2, 0) is 4.79 Å². The molecular weight excluding hydrogens is 307 g/mol. The van der Waals surface area contributed by atoms with Crippen LogP contribution in [0.4, 0.5) is 10.5 Å². The molecule has 0 aliphatic rings. The van der Waals surface area contributed by atoms with E-state index in [1.54, 1.807) is 6.07 Å². The molecule has 1 rings (SSSR count). The highest BCUT2D eigenvalue weighted by molar-refractivity contribution is 9.10. The molecule has 2 N–H and O–H groups in total. The monoisotopic (exact) mass is 318 g/mol. The van der Waals surface area contributed by atoms with E-state index in [1.807, 2.05) is 19.1 Å². The van der Waals surface area contributed by atoms with E-state index >= 15 is 0 Å². The summed E-state index contributed by atoms with van der Waals surface area (Å²) in [7, 11) is 0. The van der Waals surface area contributed by atoms with Crippen molar-refractivity contribution < 1.29 is 9.59 Å². The molecule has 0 radical (unpaired) electrons. The van der Waals surface area contributed by atoms with Crippen molar-refractivity contribution in [1.29, 1.82) is 0 Å². The van der Waals surface area contributed by atoms with Crippen molar-refractivity contribution in [3.05, 3.63) is 28.2 Å². The first-order chi connectivity index (χ1) is 7.90. The van der Waals surface area contributed by atoms with Crippen LogP contribution in [0.1, 0.15) is 12.5 Å². The Morgan fingerprint density at radius 3 is 2.65 bits per heavy atom. The Balaban J connectivity index is 2.68. The van der Waals surface area contributed by atoms with Gasteiger partial charge in [0.15, 0.2) is 0 Å². The average molecular weight is 320 g/mol. The number of rotatable bonds is 2. The summed E-state index contributed by atoms with van der Waals surface area (Å²) in [6.45, 7) is 3.40. The number of aryl methyl sites for hydroxylation is 1. The highest BCUT2D eigenvalue weighted by Crippen LogP contribution is 2.23. The summed E-state index contributed by atoms with van der Waals surface area (Å²) in [5.74, 6) is -0.534. The number of hydrogen-bond donors (Lipinski definition) is 2. The van der Waals surface area contributed by atoms with Gasteiger partial charge in [-0.15, -0.1) is 11.6 Å². The Hall–Kier alpha value is -1.07. The van der Waals surface area contributed by atoms with Gasteiger partial charge in [-0.2, -0.15) is 0 Å². The fourth-order valence-electron chi connectivity index (χ4n) is 1.10. The first-order valence-corrected chi connectivity index (χ1v) is 6.15. The Morgan fingerprint density at radius 2 is 2.06 bits per heavy atom. The van der Waals surface area contributed by atoms with Gasteiger partial charge < -0.3 is 5.32 Å². The predicted molar refractivity (Wildman–Crippen MR) is 71.4 cm³/mol. The van der Waals surface area contributed by atoms with Crippen LogP contribution in [-0.4, -0.2) is 17.3 Å². The quantitative estimate of drug-likeness (QED) is 0.823. The lowest BCUT2D eigenvalue weighted by molar-refractivity contribution is -0.119. The second kappa shape index (κ2) is 6.02. The Bertz CT molecular complexity index is 449. The summed E-state index contributed by atoms with van der Waals surface area (Å²) in [6.07, 6.45) is 0. The lowest BCUT2D eigenvalue weighted by Gasteiger charge is -2.09. The maximum absolute atomic E-state index is 11.5. The Kier molecular flexibility index (Phi) is 4.96. The van der Waals surface area contributed by atoms with Crippen molar-refractivity contribution in [2.75, 3.05) is 5.32 Å². The van der Waals surface area contributed by atoms with E-state index in [2.05, 4.69) is 26.6 Å². The van der Waals surface area contributed by atoms with Crippen molar-refractivity contribution in [1.82, 2.24) is 5.32 Å². The van der Waals surface area contributed by atoms with Gasteiger partial charge in [0.1, 0.15) is 5.38 Å². The van der Waals surface area contributed by atoms with Gasteiger partial charge in [-0.3, -0.25) is 10.1 Å². The predicted octanol–water partition coefficient (Wildman–Crippen LogP) is 3.03. The molecule has 17 heavy (non-hydrogen) atoms. The van der Waals surface area contributed by atoms with Crippen molar-refractivity contribution in [2.24, 2.45) is 0 Å². The number of imide groups is 1. The third kappa shape index (κ3) is 4.36. The molecule has 3 amide bonds. The van der Waals surface area contributed by atoms with Gasteiger partial charge >= 0.3 is 6.03 Å². The molecule has 1 aromatic rings. The molecule has 0 bridgehead atoms. The van der Waals surface area contributed by atoms with E-state index in [0.29, 0.717) is 5.69 Å². The van der Waals surface area contributed by atoms with E-state index < -0.39 is 17.3 Å². The third-order valence-corrected chi connectivity index (χ3v) is 2.86. The van der Waals surface area contributed by atoms with Crippen LogP contribution in [0, 0.1) is 6.92 Å². The van der Waals surface area contributed by atoms with Gasteiger partial charge in [0.2, 0.25) is 5.91 Å². The van der Waals surface area contributed by atoms with Crippen molar-refractivity contribution in [3.8, 4) is 0 Å². The number of alkyl halides is 1. The maximum atomic E-state index is 11.5. The van der Waals surface area contributed by atoms with Crippen molar-refractivity contribution >= 4 is 45.2 Å². The van der Waals surface area contributed by atoms with Crippen LogP contribution in [0.25, 0.3) is 0 Å². The fourth-order valence-corrected chi connectivity index (χ4v) is 1.50. The third-order valence-electron chi connectivity index (χ3n) is 1.97. The van der Waals surface area contributed by atoms with Crippen LogP contribution >= 0.6 is 27.5 Å². The van der Waals surface area contributed by atoms with Crippen LogP contribution in [0.5, 0.6) is 0 Å². The fraction of sp³-hybridized carbons (Fsp3) is 0.273. The van der Waals surface area contributed by atoms with Gasteiger partial charge in [-0.25, -0.2) is 4.79 Å². The normalized spacial score (nSPS) is 11.8. The Labute approximate surface area is 113 Å². The molecular formula is C11H12BrClN2O2. The number of anilines is 1. The second-order valence-electron chi connectivity index (χ2n) is 3.54. The summed E-state index contributed by atoms with van der Waals surface area (Å²) in [5.41, 5.74) is 1.60. The van der Waals surface area contributed by atoms with Gasteiger partial charge in [0.25, 0.3) is 0 Å². The van der Waals surface area contributed by atoms with Gasteiger partial charge in [-0.05, 0) is 47.5 Å². The highest BCUT2D eigenvalue weighted by atomic mass is 79.9. The lowest BCUT2D eigenvalue weighted by Crippen LogP contribution is -2.38. The largest absolute Gasteiger partial charge is 0.325 e. The van der Waals surface area contributed by atoms with E-state index in [0.717, 1.165) is 10.0 Å². The molecule has 0 spiro atoms. The van der Waals surface area contributed by atoms with Crippen LogP contribution in [0.15, 0.2) is 22.7 Å². The van der Waals surface area contributed by atoms with Gasteiger partial charge in [-0.1, -0.05) is 6.07 Å². The SMILES string of the molecule is Cc1ccc(Br)c(NC(=O)NC(=O)C(C)Cl)c1. The number of urea groups is 1. The molecule has 1 atom stereocenters. The van der Waals surface area contributed by atoms with Gasteiger partial charge in [0, 0.05) is 4.47 Å². The molecule has 1 aromatic carbocycles. The summed E-state index contributed by atoms with van der Waals surface area (Å²) >= 11 is 8.83. The molecule has 92 valence electrons. The number of benzene rings is 1. The molecule has 0 aliphatic heterocycles. The molecule has 4 nitrogen and oxygen atoms in total. The molecule has 0 heterocycles. The number of carbonyl (C=O) groups excluding carboxylic acids is 2. The number of halogens is 2. The Morgan fingerprint density at radius 1 is 1.41 bits per heavy atom. The average Bonchev–Trinajstić information content (AvgIpc) is 2.23. The van der Waals surface area contributed by atoms with Crippen LogP contribution in [0.2, 0.25) is 0 Å². The molecule has 0 saturated carbocycles. The first-order valence-electron chi connectivity index (χ1n) is 4.92. The lowest BCUT2D eigenvalue weighted by atomic mass is 10.2. The molecule has 1 unspecified atom stereocenters. The number of carbonyl (C=O) groups is 2. The first kappa shape index (κ1) is 14.0. The molecule has 6 heteroatoms. The van der Waals surface area contributed by atoms with E-state index in [1.165, 1.54) is 6.92 Å². The summed E-state index contributed by atoms with van der Waals surface area (Å²) < 4.78 is 0.740. The topological polar surface area (TPSA) is 58.2 Å². The summed E-state index contributed by atoms with van der Waals surface area (Å²) in [5, 5.41) is 3.94. The number of nitrogens with one attached hydrogen (secondary N) is 2. The zero-order valence-corrected chi connectivity index (χ0v) is 11.7. The minimum atomic E-state index is -0.748. The number of hydrogen-bond acceptors (Lipinski definition) is 2. The van der Waals surface area contributed by atoms with E-state index in [-0.39, 0.29) is 0 Å². The zero-order chi connectivity index (χ0) is 13.0. The zero-order valence-electron chi connectivity index (χ0n) is 9.38. The summed E-state index contributed by atoms with van der Waals surface area (Å²) in [6, 6.07) is 4.91. The van der Waals surface area contributed by atoms with Crippen LogP contribution in [0.3, 0.4) is 0 Å². The standard InChI is InChI=1S/C11H12BrClN2O2/c1-6-3-4-8(12)9(5-6)14-11(17)15-10(16)7(2)13/h3-5,7H,1-2H3,(H2,14,15,16,17). The van der Waals surface area contributed by atoms with Crippen molar-refractivity contribution in [2.45, 2.75) is 19.2 Å². The van der Waals surface area contributed by atoms with Crippen LogP contribution < -0.4 is 10.6 Å². The van der Waals surface area contributed by atoms with Gasteiger partial charge in [0.05, 0.1) is 5.69 Å². The second-order valence-corrected chi connectivity index (χ2v) is 5.05. The minimum absolute atomic E-state index is 0.534. The van der Waals surface area contributed by atoms with Crippen molar-refractivity contribution in [3.63, 3.8) is 0 Å². The van der Waals surface area contributed by atoms with E-state index in [9.17, 15) is 9.59 Å². The molecule has 0 saturated heterocycles.